The predicted molar refractivity (Wildman–Crippen MR) is 131 cm³/mol. The van der Waals surface area contributed by atoms with Gasteiger partial charge in [-0.2, -0.15) is 0 Å². The molecule has 2 atom stereocenters. The van der Waals surface area contributed by atoms with Crippen LogP contribution in [0.4, 0.5) is 4.79 Å². The van der Waals surface area contributed by atoms with Gasteiger partial charge in [0.1, 0.15) is 23.0 Å². The Balaban J connectivity index is 2.40. The first-order valence-electron chi connectivity index (χ1n) is 12.8. The molecule has 5 heteroatoms. The maximum absolute atomic E-state index is 12.8. The van der Waals surface area contributed by atoms with E-state index < -0.39 is 29.1 Å². The third kappa shape index (κ3) is 10.6. The van der Waals surface area contributed by atoms with Crippen molar-refractivity contribution >= 4 is 6.09 Å². The summed E-state index contributed by atoms with van der Waals surface area (Å²) >= 11 is 0. The number of nitrogens with zero attached hydrogens (tertiary/aromatic N) is 1. The van der Waals surface area contributed by atoms with Crippen molar-refractivity contribution in [1.29, 1.82) is 0 Å². The average Bonchev–Trinajstić information content (AvgIpc) is 3.00. The SMILES string of the molecule is CCCCCCCCCCCCCC#CC(C)(O)[C@@H]1COC(C)(C)N1C(=O)OC(C)(C)C. The van der Waals surface area contributed by atoms with Crippen LogP contribution in [0.5, 0.6) is 0 Å². The Morgan fingerprint density at radius 2 is 1.50 bits per heavy atom. The van der Waals surface area contributed by atoms with E-state index in [-0.39, 0.29) is 6.61 Å². The standard InChI is InChI=1S/C27H49NO4/c1-8-9-10-11-12-13-14-15-16-17-18-19-20-21-27(7,30)23-22-31-26(5,6)28(23)24(29)32-25(2,3)4/h23,30H,8-19,22H2,1-7H3/t23-,27?/m0/s1. The lowest BCUT2D eigenvalue weighted by atomic mass is 9.95. The molecule has 1 fully saturated rings. The number of amides is 1. The van der Waals surface area contributed by atoms with Gasteiger partial charge in [-0.25, -0.2) is 4.79 Å². The molecule has 32 heavy (non-hydrogen) atoms. The van der Waals surface area contributed by atoms with Crippen molar-refractivity contribution in [2.75, 3.05) is 6.61 Å². The highest BCUT2D eigenvalue weighted by Crippen LogP contribution is 2.34. The Labute approximate surface area is 197 Å². The molecule has 1 N–H and O–H groups in total. The Morgan fingerprint density at radius 1 is 1.00 bits per heavy atom. The molecule has 0 aromatic heterocycles. The highest BCUT2D eigenvalue weighted by atomic mass is 16.6. The van der Waals surface area contributed by atoms with Gasteiger partial charge in [0.25, 0.3) is 0 Å². The van der Waals surface area contributed by atoms with Crippen LogP contribution in [0.15, 0.2) is 0 Å². The van der Waals surface area contributed by atoms with E-state index >= 15 is 0 Å². The van der Waals surface area contributed by atoms with E-state index in [4.69, 9.17) is 9.47 Å². The summed E-state index contributed by atoms with van der Waals surface area (Å²) in [5, 5.41) is 11.0. The Hall–Kier alpha value is -1.25. The van der Waals surface area contributed by atoms with Crippen molar-refractivity contribution in [2.45, 2.75) is 148 Å². The van der Waals surface area contributed by atoms with E-state index in [2.05, 4.69) is 18.8 Å². The molecule has 186 valence electrons. The molecular formula is C27H49NO4. The van der Waals surface area contributed by atoms with Gasteiger partial charge in [-0.05, 0) is 48.0 Å². The number of unbranched alkanes of at least 4 members (excludes halogenated alkanes) is 11. The van der Waals surface area contributed by atoms with Gasteiger partial charge in [-0.3, -0.25) is 4.90 Å². The summed E-state index contributed by atoms with van der Waals surface area (Å²) in [6.45, 7) is 13.3. The number of carbonyl (C=O) groups is 1. The van der Waals surface area contributed by atoms with Crippen LogP contribution in [-0.4, -0.2) is 45.7 Å². The molecule has 1 rings (SSSR count). The van der Waals surface area contributed by atoms with Crippen molar-refractivity contribution < 1.29 is 19.4 Å². The van der Waals surface area contributed by atoms with Gasteiger partial charge in [0.15, 0.2) is 0 Å². The zero-order valence-corrected chi connectivity index (χ0v) is 21.9. The third-order valence-electron chi connectivity index (χ3n) is 5.97. The van der Waals surface area contributed by atoms with E-state index in [9.17, 15) is 9.90 Å². The van der Waals surface area contributed by atoms with Gasteiger partial charge < -0.3 is 14.6 Å². The zero-order valence-electron chi connectivity index (χ0n) is 21.9. The Kier molecular flexibility index (Phi) is 12.1. The maximum Gasteiger partial charge on any atom is 0.413 e. The van der Waals surface area contributed by atoms with Gasteiger partial charge in [0, 0.05) is 6.42 Å². The molecular weight excluding hydrogens is 402 g/mol. The van der Waals surface area contributed by atoms with Crippen LogP contribution < -0.4 is 0 Å². The minimum Gasteiger partial charge on any atom is -0.444 e. The quantitative estimate of drug-likeness (QED) is 0.261. The molecule has 0 radical (unpaired) electrons. The van der Waals surface area contributed by atoms with E-state index in [1.54, 1.807) is 6.92 Å². The molecule has 0 aromatic rings. The number of hydrogen-bond donors (Lipinski definition) is 1. The normalized spacial score (nSPS) is 19.9. The number of rotatable bonds is 12. The second kappa shape index (κ2) is 13.5. The minimum atomic E-state index is -1.36. The lowest BCUT2D eigenvalue weighted by Gasteiger charge is -2.38. The first-order valence-corrected chi connectivity index (χ1v) is 12.8. The molecule has 1 saturated heterocycles. The first kappa shape index (κ1) is 28.8. The van der Waals surface area contributed by atoms with Crippen molar-refractivity contribution in [3.05, 3.63) is 0 Å². The van der Waals surface area contributed by atoms with Crippen LogP contribution in [0, 0.1) is 11.8 Å². The van der Waals surface area contributed by atoms with E-state index in [1.165, 1.54) is 69.1 Å². The van der Waals surface area contributed by atoms with Crippen LogP contribution in [0.25, 0.3) is 0 Å². The van der Waals surface area contributed by atoms with Gasteiger partial charge in [0.05, 0.1) is 6.61 Å². The molecule has 1 heterocycles. The van der Waals surface area contributed by atoms with E-state index in [0.29, 0.717) is 0 Å². The molecule has 5 nitrogen and oxygen atoms in total. The summed E-state index contributed by atoms with van der Waals surface area (Å²) < 4.78 is 11.4. The Morgan fingerprint density at radius 3 is 2.00 bits per heavy atom. The number of aliphatic hydroxyl groups is 1. The molecule has 0 spiro atoms. The molecule has 0 aliphatic carbocycles. The van der Waals surface area contributed by atoms with E-state index in [0.717, 1.165) is 12.8 Å². The highest BCUT2D eigenvalue weighted by molar-refractivity contribution is 5.70. The van der Waals surface area contributed by atoms with Crippen molar-refractivity contribution in [3.63, 3.8) is 0 Å². The molecule has 1 unspecified atom stereocenters. The molecule has 0 saturated carbocycles. The fourth-order valence-corrected chi connectivity index (χ4v) is 4.08. The largest absolute Gasteiger partial charge is 0.444 e. The number of hydrogen-bond acceptors (Lipinski definition) is 4. The van der Waals surface area contributed by atoms with Gasteiger partial charge in [-0.15, -0.1) is 5.92 Å². The summed E-state index contributed by atoms with van der Waals surface area (Å²) in [6.07, 6.45) is 14.6. The van der Waals surface area contributed by atoms with Crippen molar-refractivity contribution in [1.82, 2.24) is 4.90 Å². The second-order valence-electron chi connectivity index (χ2n) is 10.9. The summed E-state index contributed by atoms with van der Waals surface area (Å²) in [6, 6.07) is -0.572. The van der Waals surface area contributed by atoms with Crippen LogP contribution in [0.3, 0.4) is 0 Å². The lowest BCUT2D eigenvalue weighted by molar-refractivity contribution is -0.0714. The smallest absolute Gasteiger partial charge is 0.413 e. The van der Waals surface area contributed by atoms with Crippen LogP contribution in [0.1, 0.15) is 126 Å². The lowest BCUT2D eigenvalue weighted by Crippen LogP contribution is -2.56. The Bertz CT molecular complexity index is 609. The molecule has 0 aromatic carbocycles. The van der Waals surface area contributed by atoms with Crippen molar-refractivity contribution in [2.24, 2.45) is 0 Å². The minimum absolute atomic E-state index is 0.229. The zero-order chi connectivity index (χ0) is 24.3. The fraction of sp³-hybridized carbons (Fsp3) is 0.889. The van der Waals surface area contributed by atoms with Crippen LogP contribution in [-0.2, 0) is 9.47 Å². The highest BCUT2D eigenvalue weighted by Gasteiger charge is 2.52. The summed E-state index contributed by atoms with van der Waals surface area (Å²) in [5.74, 6) is 6.13. The molecule has 1 amide bonds. The summed E-state index contributed by atoms with van der Waals surface area (Å²) in [4.78, 5) is 14.3. The predicted octanol–water partition coefficient (Wildman–Crippen LogP) is 6.81. The molecule has 1 aliphatic heterocycles. The summed E-state index contributed by atoms with van der Waals surface area (Å²) in [7, 11) is 0. The second-order valence-corrected chi connectivity index (χ2v) is 10.9. The van der Waals surface area contributed by atoms with E-state index in [1.807, 2.05) is 34.6 Å². The summed E-state index contributed by atoms with van der Waals surface area (Å²) in [5.41, 5.74) is -2.83. The topological polar surface area (TPSA) is 59.0 Å². The molecule has 1 aliphatic rings. The van der Waals surface area contributed by atoms with Crippen LogP contribution >= 0.6 is 0 Å². The van der Waals surface area contributed by atoms with Gasteiger partial charge in [-0.1, -0.05) is 77.1 Å². The van der Waals surface area contributed by atoms with Gasteiger partial charge >= 0.3 is 6.09 Å². The average molecular weight is 452 g/mol. The monoisotopic (exact) mass is 451 g/mol. The first-order chi connectivity index (χ1) is 14.9. The number of carbonyl (C=O) groups excluding carboxylic acids is 1. The maximum atomic E-state index is 12.8. The fourth-order valence-electron chi connectivity index (χ4n) is 4.08. The van der Waals surface area contributed by atoms with Crippen LogP contribution in [0.2, 0.25) is 0 Å². The number of ether oxygens (including phenoxy) is 2. The third-order valence-corrected chi connectivity index (χ3v) is 5.97. The molecule has 0 bridgehead atoms. The van der Waals surface area contributed by atoms with Gasteiger partial charge in [0.2, 0.25) is 0 Å². The van der Waals surface area contributed by atoms with Crippen molar-refractivity contribution in [3.8, 4) is 11.8 Å².